The first kappa shape index (κ1) is 61.6. The largest absolute Gasteiger partial charge is 0.439 e. The lowest BCUT2D eigenvalue weighted by Gasteiger charge is -2.16. The van der Waals surface area contributed by atoms with Crippen LogP contribution in [0.3, 0.4) is 0 Å². The summed E-state index contributed by atoms with van der Waals surface area (Å²) in [6.45, 7) is 9.84. The van der Waals surface area contributed by atoms with E-state index in [0.717, 1.165) is 31.1 Å². The number of fused-ring (bicyclic) bond motifs is 1. The van der Waals surface area contributed by atoms with E-state index in [4.69, 9.17) is 62.6 Å². The molecule has 6 N–H and O–H groups in total. The van der Waals surface area contributed by atoms with Gasteiger partial charge in [0.05, 0.1) is 157 Å². The Hall–Kier alpha value is -3.96. The van der Waals surface area contributed by atoms with Crippen LogP contribution in [0.1, 0.15) is 47.3 Å². The van der Waals surface area contributed by atoms with E-state index < -0.39 is 17.8 Å². The number of hydrogen-bond acceptors (Lipinski definition) is 18. The number of thioether (sulfide) groups is 1. The highest BCUT2D eigenvalue weighted by Gasteiger charge is 2.42. The number of rotatable bonds is 45. The van der Waals surface area contributed by atoms with E-state index in [1.807, 2.05) is 11.8 Å². The molecule has 73 heavy (non-hydrogen) atoms. The zero-order valence-corrected chi connectivity index (χ0v) is 42.4. The SMILES string of the molecule is NCc1cc(Oc2cccc(C(=O)NCCOCCOCCOCCOCCOCCOCCOCCOCCOCCOCCOCCNC(=O)CCCC[C@@H]3SC[C@@H]4NC(=O)N[C@@H]43)c2)nc(C(F)(F)F)c1. The van der Waals surface area contributed by atoms with Crippen LogP contribution in [0.4, 0.5) is 18.0 Å². The Bertz CT molecular complexity index is 1820. The molecule has 0 bridgehead atoms. The minimum atomic E-state index is -4.67. The number of alkyl halides is 3. The lowest BCUT2D eigenvalue weighted by Crippen LogP contribution is -2.36. The topological polar surface area (TPSA) is 249 Å². The first-order valence-electron chi connectivity index (χ1n) is 24.8. The molecule has 21 nitrogen and oxygen atoms in total. The van der Waals surface area contributed by atoms with Crippen molar-refractivity contribution >= 4 is 29.6 Å². The second kappa shape index (κ2) is 38.6. The van der Waals surface area contributed by atoms with Gasteiger partial charge < -0.3 is 83.8 Å². The molecular weight excluding hydrogens is 990 g/mol. The molecule has 2 aromatic rings. The standard InChI is InChI=1S/C48H75F3N6O15S/c49-48(50,51)42-32-37(35-52)33-44(56-42)72-39-5-3-4-38(34-39)46(59)54-9-11-62-13-15-64-17-19-66-21-23-68-25-27-70-29-31-71-30-28-69-26-24-67-22-20-65-18-16-63-14-12-61-10-8-53-43(58)7-2-1-6-41-45-40(36-73-41)55-47(60)57-45/h3-5,32-34,40-41,45H,1-2,6-31,35-36,52H2,(H,53,58)(H,54,59)(H2,55,57,60)/t40-,41-,45-/m0/s1. The van der Waals surface area contributed by atoms with Crippen molar-refractivity contribution in [3.63, 3.8) is 0 Å². The van der Waals surface area contributed by atoms with Crippen molar-refractivity contribution in [1.82, 2.24) is 26.3 Å². The average molecular weight is 1070 g/mol. The van der Waals surface area contributed by atoms with Crippen LogP contribution in [-0.4, -0.2) is 204 Å². The first-order valence-corrected chi connectivity index (χ1v) is 25.8. The molecule has 3 atom stereocenters. The number of halogens is 3. The van der Waals surface area contributed by atoms with E-state index >= 15 is 0 Å². The summed E-state index contributed by atoms with van der Waals surface area (Å²) in [5.74, 6) is 0.426. The summed E-state index contributed by atoms with van der Waals surface area (Å²) in [4.78, 5) is 39.7. The Morgan fingerprint density at radius 1 is 0.644 bits per heavy atom. The van der Waals surface area contributed by atoms with Crippen LogP contribution in [0, 0.1) is 0 Å². The fraction of sp³-hybridized carbons (Fsp3) is 0.708. The molecule has 414 valence electrons. The van der Waals surface area contributed by atoms with Crippen molar-refractivity contribution in [2.75, 3.05) is 164 Å². The maximum Gasteiger partial charge on any atom is 0.433 e. The number of pyridine rings is 1. The van der Waals surface area contributed by atoms with Crippen molar-refractivity contribution in [3.05, 3.63) is 53.2 Å². The number of nitrogens with one attached hydrogen (secondary N) is 4. The molecule has 4 amide bonds. The van der Waals surface area contributed by atoms with Gasteiger partial charge in [0.25, 0.3) is 5.91 Å². The van der Waals surface area contributed by atoms with Gasteiger partial charge in [-0.25, -0.2) is 9.78 Å². The van der Waals surface area contributed by atoms with Crippen LogP contribution in [-0.2, 0) is 69.6 Å². The second-order valence-electron chi connectivity index (χ2n) is 16.2. The normalized spacial score (nSPS) is 16.3. The molecule has 2 aliphatic heterocycles. The van der Waals surface area contributed by atoms with Gasteiger partial charge in [-0.05, 0) is 42.7 Å². The molecule has 0 radical (unpaired) electrons. The molecular formula is C48H75F3N6O15S. The van der Waals surface area contributed by atoms with Gasteiger partial charge >= 0.3 is 12.2 Å². The van der Waals surface area contributed by atoms with Gasteiger partial charge in [-0.2, -0.15) is 24.9 Å². The van der Waals surface area contributed by atoms with Crippen LogP contribution in [0.2, 0.25) is 0 Å². The number of amides is 4. The van der Waals surface area contributed by atoms with Gasteiger partial charge in [0, 0.05) is 48.7 Å². The van der Waals surface area contributed by atoms with E-state index in [-0.39, 0.29) is 66.5 Å². The highest BCUT2D eigenvalue weighted by Crippen LogP contribution is 2.33. The third kappa shape index (κ3) is 28.5. The summed E-state index contributed by atoms with van der Waals surface area (Å²) < 4.78 is 106. The van der Waals surface area contributed by atoms with Crippen LogP contribution in [0.5, 0.6) is 11.6 Å². The smallest absolute Gasteiger partial charge is 0.433 e. The number of ether oxygens (including phenoxy) is 12. The average Bonchev–Trinajstić information content (AvgIpc) is 3.94. The van der Waals surface area contributed by atoms with E-state index in [1.165, 1.54) is 18.2 Å². The molecule has 0 spiro atoms. The second-order valence-corrected chi connectivity index (χ2v) is 17.5. The van der Waals surface area contributed by atoms with Gasteiger partial charge in [-0.1, -0.05) is 12.5 Å². The fourth-order valence-electron chi connectivity index (χ4n) is 6.96. The molecule has 1 aromatic carbocycles. The third-order valence-electron chi connectivity index (χ3n) is 10.6. The van der Waals surface area contributed by atoms with Gasteiger partial charge in [-0.15, -0.1) is 0 Å². The molecule has 0 aliphatic carbocycles. The molecule has 1 aromatic heterocycles. The quantitative estimate of drug-likeness (QED) is 0.0472. The van der Waals surface area contributed by atoms with Crippen molar-refractivity contribution in [2.24, 2.45) is 5.73 Å². The zero-order chi connectivity index (χ0) is 52.0. The fourth-order valence-corrected chi connectivity index (χ4v) is 8.50. The van der Waals surface area contributed by atoms with Gasteiger partial charge in [0.15, 0.2) is 0 Å². The Balaban J connectivity index is 0.776. The Kier molecular flexibility index (Phi) is 32.5. The number of urea groups is 1. The number of benzene rings is 1. The first-order chi connectivity index (χ1) is 35.6. The van der Waals surface area contributed by atoms with Crippen LogP contribution in [0.15, 0.2) is 36.4 Å². The van der Waals surface area contributed by atoms with Crippen LogP contribution >= 0.6 is 11.8 Å². The molecule has 3 heterocycles. The number of unbranched alkanes of at least 4 members (excludes halogenated alkanes) is 1. The van der Waals surface area contributed by atoms with Gasteiger partial charge in [-0.3, -0.25) is 9.59 Å². The van der Waals surface area contributed by atoms with Gasteiger partial charge in [0.1, 0.15) is 11.4 Å². The lowest BCUT2D eigenvalue weighted by molar-refractivity contribution is -0.141. The molecule has 0 saturated carbocycles. The lowest BCUT2D eigenvalue weighted by atomic mass is 10.0. The summed E-state index contributed by atoms with van der Waals surface area (Å²) >= 11 is 1.89. The highest BCUT2D eigenvalue weighted by molar-refractivity contribution is 8.00. The van der Waals surface area contributed by atoms with Crippen molar-refractivity contribution < 1.29 is 84.4 Å². The Morgan fingerprint density at radius 2 is 1.12 bits per heavy atom. The molecule has 2 fully saturated rings. The molecule has 2 saturated heterocycles. The maximum absolute atomic E-state index is 13.2. The maximum atomic E-state index is 13.2. The summed E-state index contributed by atoms with van der Waals surface area (Å²) in [5.41, 5.74) is 4.86. The third-order valence-corrected chi connectivity index (χ3v) is 12.1. The summed E-state index contributed by atoms with van der Waals surface area (Å²) in [7, 11) is 0. The number of carbonyl (C=O) groups is 3. The summed E-state index contributed by atoms with van der Waals surface area (Å²) in [5, 5.41) is 12.0. The minimum Gasteiger partial charge on any atom is -0.439 e. The minimum absolute atomic E-state index is 0.0292. The number of nitrogens with zero attached hydrogens (tertiary/aromatic N) is 1. The molecule has 4 rings (SSSR count). The summed E-state index contributed by atoms with van der Waals surface area (Å²) in [6.07, 6.45) is -1.39. The van der Waals surface area contributed by atoms with E-state index in [9.17, 15) is 27.6 Å². The van der Waals surface area contributed by atoms with E-state index in [2.05, 4.69) is 26.3 Å². The number of aromatic nitrogens is 1. The Labute approximate surface area is 429 Å². The highest BCUT2D eigenvalue weighted by atomic mass is 32.2. The molecule has 0 unspecified atom stereocenters. The molecule has 2 aliphatic rings. The van der Waals surface area contributed by atoms with E-state index in [0.29, 0.717) is 157 Å². The van der Waals surface area contributed by atoms with Crippen molar-refractivity contribution in [1.29, 1.82) is 0 Å². The predicted octanol–water partition coefficient (Wildman–Crippen LogP) is 3.11. The Morgan fingerprint density at radius 3 is 1.60 bits per heavy atom. The summed E-state index contributed by atoms with van der Waals surface area (Å²) in [6, 6.07) is 8.53. The van der Waals surface area contributed by atoms with Crippen LogP contribution in [0.25, 0.3) is 0 Å². The predicted molar refractivity (Wildman–Crippen MR) is 262 cm³/mol. The number of carbonyl (C=O) groups excluding carboxylic acids is 3. The number of nitrogens with two attached hydrogens (primary N) is 1. The zero-order valence-electron chi connectivity index (χ0n) is 41.6. The number of hydrogen-bond donors (Lipinski definition) is 5. The van der Waals surface area contributed by atoms with Crippen LogP contribution < -0.4 is 31.7 Å². The monoisotopic (exact) mass is 1060 g/mol. The van der Waals surface area contributed by atoms with Gasteiger partial charge in [0.2, 0.25) is 11.8 Å². The van der Waals surface area contributed by atoms with Crippen molar-refractivity contribution in [2.45, 2.75) is 55.7 Å². The molecule has 25 heteroatoms. The van der Waals surface area contributed by atoms with E-state index in [1.54, 1.807) is 12.1 Å². The van der Waals surface area contributed by atoms with Crippen molar-refractivity contribution in [3.8, 4) is 11.6 Å².